The second-order valence-electron chi connectivity index (χ2n) is 6.98. The summed E-state index contributed by atoms with van der Waals surface area (Å²) >= 11 is 0. The highest BCUT2D eigenvalue weighted by molar-refractivity contribution is 5.80. The Labute approximate surface area is 155 Å². The van der Waals surface area contributed by atoms with Crippen molar-refractivity contribution in [3.63, 3.8) is 0 Å². The molecule has 1 aromatic rings. The third-order valence-electron chi connectivity index (χ3n) is 5.17. The number of nitrogens with one attached hydrogen (secondary N) is 2. The Morgan fingerprint density at radius 2 is 1.96 bits per heavy atom. The van der Waals surface area contributed by atoms with Crippen molar-refractivity contribution in [3.8, 4) is 5.75 Å². The fraction of sp³-hybridized carbons (Fsp3) is 0.600. The maximum Gasteiger partial charge on any atom is 0.308 e. The summed E-state index contributed by atoms with van der Waals surface area (Å²) in [7, 11) is 1.60. The van der Waals surface area contributed by atoms with E-state index in [9.17, 15) is 9.59 Å². The van der Waals surface area contributed by atoms with Gasteiger partial charge >= 0.3 is 5.97 Å². The quantitative estimate of drug-likeness (QED) is 0.695. The van der Waals surface area contributed by atoms with Crippen molar-refractivity contribution >= 4 is 17.6 Å². The molecule has 1 aromatic carbocycles. The van der Waals surface area contributed by atoms with Crippen LogP contribution in [0.25, 0.3) is 0 Å². The number of methoxy groups -OCH3 is 1. The normalized spacial score (nSPS) is 22.3. The summed E-state index contributed by atoms with van der Waals surface area (Å²) in [4.78, 5) is 23.9. The summed E-state index contributed by atoms with van der Waals surface area (Å²) < 4.78 is 10.3. The highest BCUT2D eigenvalue weighted by Crippen LogP contribution is 2.29. The summed E-state index contributed by atoms with van der Waals surface area (Å²) in [5, 5.41) is 6.14. The Hall–Kier alpha value is -2.24. The maximum atomic E-state index is 12.0. The van der Waals surface area contributed by atoms with Crippen molar-refractivity contribution in [3.05, 3.63) is 24.3 Å². The number of benzene rings is 1. The van der Waals surface area contributed by atoms with E-state index in [2.05, 4.69) is 24.5 Å². The molecule has 0 saturated heterocycles. The number of ether oxygens (including phenoxy) is 2. The Morgan fingerprint density at radius 1 is 1.19 bits per heavy atom. The van der Waals surface area contributed by atoms with E-state index < -0.39 is 5.97 Å². The molecule has 1 fully saturated rings. The zero-order valence-electron chi connectivity index (χ0n) is 15.9. The number of esters is 1. The van der Waals surface area contributed by atoms with E-state index in [1.165, 1.54) is 6.42 Å². The van der Waals surface area contributed by atoms with Crippen molar-refractivity contribution in [2.24, 2.45) is 11.8 Å². The molecule has 1 aliphatic carbocycles. The van der Waals surface area contributed by atoms with Gasteiger partial charge in [-0.05, 0) is 30.4 Å². The second kappa shape index (κ2) is 10.0. The van der Waals surface area contributed by atoms with Crippen LogP contribution >= 0.6 is 0 Å². The first-order chi connectivity index (χ1) is 12.5. The lowest BCUT2D eigenvalue weighted by molar-refractivity contribution is -0.148. The standard InChI is InChI=1S/C20H30N2O4/c1-14-7-6-9-16(15(14)2)22-19(23)13-26-20(24)11-12-21-17-8-4-5-10-18(17)25-3/h4-5,8,10,14-16,21H,6-7,9,11-13H2,1-3H3,(H,22,23). The summed E-state index contributed by atoms with van der Waals surface area (Å²) in [6.07, 6.45) is 3.52. The van der Waals surface area contributed by atoms with Gasteiger partial charge in [0.2, 0.25) is 0 Å². The molecule has 0 radical (unpaired) electrons. The third kappa shape index (κ3) is 5.93. The smallest absolute Gasteiger partial charge is 0.308 e. The topological polar surface area (TPSA) is 76.7 Å². The van der Waals surface area contributed by atoms with Gasteiger partial charge in [-0.1, -0.05) is 38.8 Å². The minimum atomic E-state index is -0.396. The summed E-state index contributed by atoms with van der Waals surface area (Å²) in [6, 6.07) is 7.67. The number of rotatable bonds is 8. The molecule has 0 aliphatic heterocycles. The molecular formula is C20H30N2O4. The monoisotopic (exact) mass is 362 g/mol. The number of carbonyl (C=O) groups is 2. The molecule has 26 heavy (non-hydrogen) atoms. The van der Waals surface area contributed by atoms with E-state index in [4.69, 9.17) is 9.47 Å². The highest BCUT2D eigenvalue weighted by atomic mass is 16.5. The molecule has 0 heterocycles. The van der Waals surface area contributed by atoms with Gasteiger partial charge in [-0.25, -0.2) is 0 Å². The molecule has 1 amide bonds. The van der Waals surface area contributed by atoms with E-state index >= 15 is 0 Å². The number of carbonyl (C=O) groups excluding carboxylic acids is 2. The summed E-state index contributed by atoms with van der Waals surface area (Å²) in [6.45, 7) is 4.59. The van der Waals surface area contributed by atoms with Crippen molar-refractivity contribution in [2.45, 2.75) is 45.6 Å². The van der Waals surface area contributed by atoms with Crippen LogP contribution in [0.1, 0.15) is 39.5 Å². The lowest BCUT2D eigenvalue weighted by Gasteiger charge is -2.34. The molecular weight excluding hydrogens is 332 g/mol. The minimum Gasteiger partial charge on any atom is -0.495 e. The largest absolute Gasteiger partial charge is 0.495 e. The van der Waals surface area contributed by atoms with E-state index in [0.29, 0.717) is 18.4 Å². The number of para-hydroxylation sites is 2. The predicted molar refractivity (Wildman–Crippen MR) is 101 cm³/mol. The molecule has 0 aromatic heterocycles. The molecule has 3 unspecified atom stereocenters. The Balaban J connectivity index is 1.66. The SMILES string of the molecule is COc1ccccc1NCCC(=O)OCC(=O)NC1CCCC(C)C1C. The van der Waals surface area contributed by atoms with E-state index in [0.717, 1.165) is 24.3 Å². The predicted octanol–water partition coefficient (Wildman–Crippen LogP) is 2.98. The van der Waals surface area contributed by atoms with Gasteiger partial charge in [0.1, 0.15) is 5.75 Å². The summed E-state index contributed by atoms with van der Waals surface area (Å²) in [5.41, 5.74) is 0.820. The average Bonchev–Trinajstić information content (AvgIpc) is 2.64. The fourth-order valence-electron chi connectivity index (χ4n) is 3.34. The molecule has 6 nitrogen and oxygen atoms in total. The Kier molecular flexibility index (Phi) is 7.75. The fourth-order valence-corrected chi connectivity index (χ4v) is 3.34. The summed E-state index contributed by atoms with van der Waals surface area (Å²) in [5.74, 6) is 1.16. The van der Waals surface area contributed by atoms with Crippen LogP contribution in [0.2, 0.25) is 0 Å². The van der Waals surface area contributed by atoms with Crippen LogP contribution in [0.3, 0.4) is 0 Å². The van der Waals surface area contributed by atoms with Gasteiger partial charge in [-0.3, -0.25) is 9.59 Å². The van der Waals surface area contributed by atoms with Crippen LogP contribution in [0.15, 0.2) is 24.3 Å². The van der Waals surface area contributed by atoms with E-state index in [1.807, 2.05) is 24.3 Å². The average molecular weight is 362 g/mol. The molecule has 144 valence electrons. The van der Waals surface area contributed by atoms with Crippen molar-refractivity contribution < 1.29 is 19.1 Å². The zero-order chi connectivity index (χ0) is 18.9. The van der Waals surface area contributed by atoms with Crippen molar-refractivity contribution in [1.29, 1.82) is 0 Å². The van der Waals surface area contributed by atoms with Gasteiger partial charge in [0, 0.05) is 12.6 Å². The van der Waals surface area contributed by atoms with Gasteiger partial charge in [0.25, 0.3) is 5.91 Å². The highest BCUT2D eigenvalue weighted by Gasteiger charge is 2.28. The van der Waals surface area contributed by atoms with Crippen LogP contribution in [0, 0.1) is 11.8 Å². The van der Waals surface area contributed by atoms with Crippen LogP contribution in [-0.2, 0) is 14.3 Å². The molecule has 2 N–H and O–H groups in total. The van der Waals surface area contributed by atoms with Gasteiger partial charge in [-0.2, -0.15) is 0 Å². The van der Waals surface area contributed by atoms with Crippen molar-refractivity contribution in [2.75, 3.05) is 25.6 Å². The lowest BCUT2D eigenvalue weighted by atomic mass is 9.78. The Morgan fingerprint density at radius 3 is 2.73 bits per heavy atom. The molecule has 3 atom stereocenters. The third-order valence-corrected chi connectivity index (χ3v) is 5.17. The number of amides is 1. The number of hydrogen-bond donors (Lipinski definition) is 2. The molecule has 0 spiro atoms. The van der Waals surface area contributed by atoms with Crippen LogP contribution in [0.5, 0.6) is 5.75 Å². The first-order valence-corrected chi connectivity index (χ1v) is 9.33. The van der Waals surface area contributed by atoms with Crippen LogP contribution in [-0.4, -0.2) is 38.2 Å². The minimum absolute atomic E-state index is 0.178. The second-order valence-corrected chi connectivity index (χ2v) is 6.98. The molecule has 1 saturated carbocycles. The zero-order valence-corrected chi connectivity index (χ0v) is 15.9. The van der Waals surface area contributed by atoms with Gasteiger partial charge < -0.3 is 20.1 Å². The number of anilines is 1. The van der Waals surface area contributed by atoms with Crippen LogP contribution < -0.4 is 15.4 Å². The Bertz CT molecular complexity index is 605. The molecule has 1 aliphatic rings. The van der Waals surface area contributed by atoms with Gasteiger partial charge in [0.05, 0.1) is 19.2 Å². The molecule has 6 heteroatoms. The van der Waals surface area contributed by atoms with Crippen molar-refractivity contribution in [1.82, 2.24) is 5.32 Å². The van der Waals surface area contributed by atoms with Crippen LogP contribution in [0.4, 0.5) is 5.69 Å². The molecule has 0 bridgehead atoms. The van der Waals surface area contributed by atoms with E-state index in [-0.39, 0.29) is 25.0 Å². The lowest BCUT2D eigenvalue weighted by Crippen LogP contribution is -2.45. The van der Waals surface area contributed by atoms with Gasteiger partial charge in [0.15, 0.2) is 6.61 Å². The first-order valence-electron chi connectivity index (χ1n) is 9.33. The maximum absolute atomic E-state index is 12.0. The van der Waals surface area contributed by atoms with Gasteiger partial charge in [-0.15, -0.1) is 0 Å². The first kappa shape index (κ1) is 20.1. The molecule has 2 rings (SSSR count). The van der Waals surface area contributed by atoms with E-state index in [1.54, 1.807) is 7.11 Å². The number of hydrogen-bond acceptors (Lipinski definition) is 5.